The van der Waals surface area contributed by atoms with Crippen molar-refractivity contribution >= 4 is 11.4 Å². The van der Waals surface area contributed by atoms with E-state index < -0.39 is 0 Å². The van der Waals surface area contributed by atoms with Gasteiger partial charge in [-0.25, -0.2) is 0 Å². The van der Waals surface area contributed by atoms with E-state index in [9.17, 15) is 10.1 Å². The monoisotopic (exact) mass is 251 g/mol. The van der Waals surface area contributed by atoms with Gasteiger partial charge in [0, 0.05) is 19.1 Å². The highest BCUT2D eigenvalue weighted by Gasteiger charge is 2.31. The van der Waals surface area contributed by atoms with Gasteiger partial charge in [0.25, 0.3) is 0 Å². The molecule has 6 heteroatoms. The van der Waals surface area contributed by atoms with Crippen LogP contribution in [0, 0.1) is 10.1 Å². The summed E-state index contributed by atoms with van der Waals surface area (Å²) in [5, 5.41) is 11.2. The first-order valence-electron chi connectivity index (χ1n) is 6.04. The number of benzene rings is 1. The van der Waals surface area contributed by atoms with Gasteiger partial charge in [0.15, 0.2) is 5.75 Å². The van der Waals surface area contributed by atoms with Crippen LogP contribution in [0.1, 0.15) is 13.3 Å². The third-order valence-corrected chi connectivity index (χ3v) is 2.87. The summed E-state index contributed by atoms with van der Waals surface area (Å²) in [5.74, 6) is 0.333. The first-order chi connectivity index (χ1) is 8.63. The molecule has 1 saturated heterocycles. The molecule has 0 bridgehead atoms. The topological polar surface area (TPSA) is 81.6 Å². The zero-order chi connectivity index (χ0) is 13.1. The molecular weight excluding hydrogens is 234 g/mol. The maximum atomic E-state index is 11.2. The average Bonchev–Trinajstić information content (AvgIpc) is 2.31. The maximum Gasteiger partial charge on any atom is 0.333 e. The number of para-hydroxylation sites is 1. The van der Waals surface area contributed by atoms with Crippen molar-refractivity contribution in [3.63, 3.8) is 0 Å². The summed E-state index contributed by atoms with van der Waals surface area (Å²) in [6.45, 7) is 3.74. The SMILES string of the molecule is CCCOc1cccc(N2CC(N)C2)c1[N+](=O)[O-]. The van der Waals surface area contributed by atoms with E-state index in [2.05, 4.69) is 0 Å². The van der Waals surface area contributed by atoms with E-state index in [0.717, 1.165) is 6.42 Å². The van der Waals surface area contributed by atoms with Gasteiger partial charge < -0.3 is 15.4 Å². The predicted octanol–water partition coefficient (Wildman–Crippen LogP) is 1.53. The molecule has 0 aromatic heterocycles. The fourth-order valence-electron chi connectivity index (χ4n) is 1.99. The molecular formula is C12H17N3O3. The Balaban J connectivity index is 2.30. The van der Waals surface area contributed by atoms with Gasteiger partial charge in [0.2, 0.25) is 0 Å². The molecule has 2 N–H and O–H groups in total. The van der Waals surface area contributed by atoms with Crippen LogP contribution in [0.2, 0.25) is 0 Å². The molecule has 1 aromatic carbocycles. The molecule has 1 aromatic rings. The Labute approximate surface area is 105 Å². The minimum atomic E-state index is -0.385. The first kappa shape index (κ1) is 12.6. The normalized spacial score (nSPS) is 15.3. The molecule has 1 aliphatic heterocycles. The molecule has 1 fully saturated rings. The van der Waals surface area contributed by atoms with Crippen LogP contribution >= 0.6 is 0 Å². The van der Waals surface area contributed by atoms with Crippen molar-refractivity contribution < 1.29 is 9.66 Å². The number of hydrogen-bond acceptors (Lipinski definition) is 5. The number of hydrogen-bond donors (Lipinski definition) is 1. The number of rotatable bonds is 5. The van der Waals surface area contributed by atoms with Crippen LogP contribution < -0.4 is 15.4 Å². The fourth-order valence-corrected chi connectivity index (χ4v) is 1.99. The number of nitro benzene ring substituents is 1. The summed E-state index contributed by atoms with van der Waals surface area (Å²) in [4.78, 5) is 12.7. The van der Waals surface area contributed by atoms with Crippen LogP contribution in [0.4, 0.5) is 11.4 Å². The van der Waals surface area contributed by atoms with Gasteiger partial charge in [-0.05, 0) is 18.6 Å². The summed E-state index contributed by atoms with van der Waals surface area (Å²) in [5.41, 5.74) is 6.34. The van der Waals surface area contributed by atoms with Crippen LogP contribution in [0.3, 0.4) is 0 Å². The summed E-state index contributed by atoms with van der Waals surface area (Å²) >= 11 is 0. The summed E-state index contributed by atoms with van der Waals surface area (Å²) in [6.07, 6.45) is 0.815. The van der Waals surface area contributed by atoms with Gasteiger partial charge in [-0.1, -0.05) is 13.0 Å². The highest BCUT2D eigenvalue weighted by Crippen LogP contribution is 2.38. The predicted molar refractivity (Wildman–Crippen MR) is 69.1 cm³/mol. The van der Waals surface area contributed by atoms with Gasteiger partial charge >= 0.3 is 5.69 Å². The molecule has 0 spiro atoms. The molecule has 0 unspecified atom stereocenters. The van der Waals surface area contributed by atoms with Gasteiger partial charge in [0.05, 0.1) is 11.5 Å². The second-order valence-electron chi connectivity index (χ2n) is 4.39. The van der Waals surface area contributed by atoms with E-state index in [1.54, 1.807) is 18.2 Å². The maximum absolute atomic E-state index is 11.2. The largest absolute Gasteiger partial charge is 0.487 e. The average molecular weight is 251 g/mol. The Bertz CT molecular complexity index is 444. The Morgan fingerprint density at radius 1 is 1.56 bits per heavy atom. The smallest absolute Gasteiger partial charge is 0.333 e. The zero-order valence-corrected chi connectivity index (χ0v) is 10.3. The molecule has 1 aliphatic rings. The Morgan fingerprint density at radius 2 is 2.28 bits per heavy atom. The van der Waals surface area contributed by atoms with Crippen molar-refractivity contribution in [3.8, 4) is 5.75 Å². The molecule has 0 radical (unpaired) electrons. The summed E-state index contributed by atoms with van der Waals surface area (Å²) < 4.78 is 5.43. The lowest BCUT2D eigenvalue weighted by Gasteiger charge is -2.38. The van der Waals surface area contributed by atoms with Crippen molar-refractivity contribution in [2.24, 2.45) is 5.73 Å². The van der Waals surface area contributed by atoms with Crippen molar-refractivity contribution in [2.45, 2.75) is 19.4 Å². The van der Waals surface area contributed by atoms with Gasteiger partial charge in [-0.3, -0.25) is 10.1 Å². The van der Waals surface area contributed by atoms with Crippen LogP contribution in [-0.2, 0) is 0 Å². The lowest BCUT2D eigenvalue weighted by Crippen LogP contribution is -2.56. The molecule has 0 amide bonds. The van der Waals surface area contributed by atoms with Gasteiger partial charge in [0.1, 0.15) is 5.69 Å². The van der Waals surface area contributed by atoms with Crippen molar-refractivity contribution in [2.75, 3.05) is 24.6 Å². The second kappa shape index (κ2) is 5.22. The number of anilines is 1. The molecule has 0 aliphatic carbocycles. The summed E-state index contributed by atoms with van der Waals surface area (Å²) in [6, 6.07) is 5.25. The van der Waals surface area contributed by atoms with E-state index in [4.69, 9.17) is 10.5 Å². The van der Waals surface area contributed by atoms with E-state index >= 15 is 0 Å². The first-order valence-corrected chi connectivity index (χ1v) is 6.04. The Hall–Kier alpha value is -1.82. The van der Waals surface area contributed by atoms with Gasteiger partial charge in [-0.2, -0.15) is 0 Å². The van der Waals surface area contributed by atoms with Crippen LogP contribution in [-0.4, -0.2) is 30.7 Å². The molecule has 18 heavy (non-hydrogen) atoms. The Kier molecular flexibility index (Phi) is 3.66. The Morgan fingerprint density at radius 3 is 2.83 bits per heavy atom. The van der Waals surface area contributed by atoms with Crippen molar-refractivity contribution in [3.05, 3.63) is 28.3 Å². The van der Waals surface area contributed by atoms with Crippen LogP contribution in [0.25, 0.3) is 0 Å². The molecule has 0 atom stereocenters. The third kappa shape index (κ3) is 2.38. The van der Waals surface area contributed by atoms with Crippen molar-refractivity contribution in [1.82, 2.24) is 0 Å². The van der Waals surface area contributed by atoms with E-state index in [0.29, 0.717) is 31.1 Å². The minimum absolute atomic E-state index is 0.0397. The zero-order valence-electron chi connectivity index (χ0n) is 10.3. The van der Waals surface area contributed by atoms with Crippen LogP contribution in [0.5, 0.6) is 5.75 Å². The number of nitro groups is 1. The lowest BCUT2D eigenvalue weighted by atomic mass is 10.1. The molecule has 1 heterocycles. The number of nitrogens with zero attached hydrogens (tertiary/aromatic N) is 2. The number of nitrogens with two attached hydrogens (primary N) is 1. The lowest BCUT2D eigenvalue weighted by molar-refractivity contribution is -0.385. The van der Waals surface area contributed by atoms with Crippen LogP contribution in [0.15, 0.2) is 18.2 Å². The van der Waals surface area contributed by atoms with Crippen molar-refractivity contribution in [1.29, 1.82) is 0 Å². The summed E-state index contributed by atoms with van der Waals surface area (Å²) in [7, 11) is 0. The third-order valence-electron chi connectivity index (χ3n) is 2.87. The standard InChI is InChI=1S/C12H17N3O3/c1-2-6-18-11-5-3-4-10(12(11)15(16)17)14-7-9(13)8-14/h3-5,9H,2,6-8,13H2,1H3. The fraction of sp³-hybridized carbons (Fsp3) is 0.500. The second-order valence-corrected chi connectivity index (χ2v) is 4.39. The van der Waals surface area contributed by atoms with E-state index in [1.807, 2.05) is 11.8 Å². The highest BCUT2D eigenvalue weighted by atomic mass is 16.6. The highest BCUT2D eigenvalue weighted by molar-refractivity contribution is 5.70. The number of ether oxygens (including phenoxy) is 1. The van der Waals surface area contributed by atoms with E-state index in [-0.39, 0.29) is 16.7 Å². The molecule has 98 valence electrons. The van der Waals surface area contributed by atoms with E-state index in [1.165, 1.54) is 0 Å². The quantitative estimate of drug-likeness (QED) is 0.634. The molecule has 0 saturated carbocycles. The van der Waals surface area contributed by atoms with Gasteiger partial charge in [-0.15, -0.1) is 0 Å². The molecule has 2 rings (SSSR count). The minimum Gasteiger partial charge on any atom is -0.487 e. The molecule has 6 nitrogen and oxygen atoms in total.